The van der Waals surface area contributed by atoms with Crippen LogP contribution in [0.2, 0.25) is 0 Å². The van der Waals surface area contributed by atoms with E-state index < -0.39 is 0 Å². The van der Waals surface area contributed by atoms with Gasteiger partial charge in [-0.1, -0.05) is 51.1 Å². The van der Waals surface area contributed by atoms with Crippen molar-refractivity contribution in [3.63, 3.8) is 0 Å². The molecule has 4 heteroatoms. The molecule has 0 saturated heterocycles. The van der Waals surface area contributed by atoms with E-state index in [1.54, 1.807) is 5.56 Å². The van der Waals surface area contributed by atoms with Crippen molar-refractivity contribution in [1.29, 1.82) is 0 Å². The topological polar surface area (TPSA) is 55.1 Å². The molecule has 2 unspecified atom stereocenters. The molecule has 3 N–H and O–H groups in total. The number of benzene rings is 1. The molecule has 3 atom stereocenters. The predicted octanol–water partition coefficient (Wildman–Crippen LogP) is 6.18. The van der Waals surface area contributed by atoms with Gasteiger partial charge in [-0.25, -0.2) is 0 Å². The summed E-state index contributed by atoms with van der Waals surface area (Å²) in [6.07, 6.45) is 12.9. The van der Waals surface area contributed by atoms with Gasteiger partial charge in [0.15, 0.2) is 0 Å². The molecule has 3 nitrogen and oxygen atoms in total. The molecule has 3 aliphatic rings. The minimum Gasteiger partial charge on any atom is -0.356 e. The number of halogens is 1. The highest BCUT2D eigenvalue weighted by atomic mass is 35.5. The first-order valence-electron chi connectivity index (χ1n) is 12.3. The van der Waals surface area contributed by atoms with Gasteiger partial charge in [-0.15, -0.1) is 11.6 Å². The molecule has 0 radical (unpaired) electrons. The second-order valence-corrected chi connectivity index (χ2v) is 12.2. The Bertz CT molecular complexity index is 700. The van der Waals surface area contributed by atoms with Crippen LogP contribution in [0.5, 0.6) is 0 Å². The SMILES string of the molecule is CC1(C)CC2CC(c3ccccc3)(C1)C[C@@](C)(CCCl)C2.NC1CCC(NC=O)CC1. The summed E-state index contributed by atoms with van der Waals surface area (Å²) in [4.78, 5) is 10.0. The molecular weight excluding hydrogens is 404 g/mol. The fourth-order valence-electron chi connectivity index (χ4n) is 7.25. The standard InChI is InChI=1S/C20H29Cl.C7H14N2O/c1-18(2)11-16-12-19(3,9-10-21)15-20(13-16,14-18)17-7-5-4-6-8-17;8-6-1-3-7(4-2-6)9-5-10/h4-8,16H,9-15H2,1-3H3;5-7H,1-4,8H2,(H,9,10)/t16?,19-,20?;/m0./s1. The summed E-state index contributed by atoms with van der Waals surface area (Å²) < 4.78 is 0. The third kappa shape index (κ3) is 6.48. The Hall–Kier alpha value is -1.06. The summed E-state index contributed by atoms with van der Waals surface area (Å²) in [7, 11) is 0. The Morgan fingerprint density at radius 3 is 2.32 bits per heavy atom. The number of alkyl halides is 1. The molecule has 1 aromatic carbocycles. The predicted molar refractivity (Wildman–Crippen MR) is 131 cm³/mol. The Labute approximate surface area is 194 Å². The average Bonchev–Trinajstić information content (AvgIpc) is 2.69. The summed E-state index contributed by atoms with van der Waals surface area (Å²) in [6, 6.07) is 12.1. The van der Waals surface area contributed by atoms with Crippen molar-refractivity contribution >= 4 is 18.0 Å². The smallest absolute Gasteiger partial charge is 0.207 e. The molecule has 0 heterocycles. The van der Waals surface area contributed by atoms with Crippen molar-refractivity contribution in [3.05, 3.63) is 35.9 Å². The summed E-state index contributed by atoms with van der Waals surface area (Å²) in [5.74, 6) is 1.67. The summed E-state index contributed by atoms with van der Waals surface area (Å²) in [5, 5.41) is 2.77. The maximum Gasteiger partial charge on any atom is 0.207 e. The van der Waals surface area contributed by atoms with E-state index in [1.165, 1.54) is 38.5 Å². The number of rotatable bonds is 5. The van der Waals surface area contributed by atoms with E-state index in [0.717, 1.165) is 43.9 Å². The maximum absolute atomic E-state index is 10.0. The molecule has 3 aliphatic carbocycles. The monoisotopic (exact) mass is 446 g/mol. The van der Waals surface area contributed by atoms with Gasteiger partial charge < -0.3 is 11.1 Å². The molecule has 1 aromatic rings. The van der Waals surface area contributed by atoms with Crippen LogP contribution < -0.4 is 11.1 Å². The summed E-state index contributed by atoms with van der Waals surface area (Å²) >= 11 is 6.13. The van der Waals surface area contributed by atoms with Crippen LogP contribution in [0.1, 0.15) is 90.5 Å². The molecule has 0 aromatic heterocycles. The number of carbonyl (C=O) groups is 1. The van der Waals surface area contributed by atoms with Gasteiger partial charge in [-0.3, -0.25) is 4.79 Å². The lowest BCUT2D eigenvalue weighted by Gasteiger charge is -2.57. The van der Waals surface area contributed by atoms with Crippen molar-refractivity contribution in [3.8, 4) is 0 Å². The van der Waals surface area contributed by atoms with Gasteiger partial charge in [0, 0.05) is 18.0 Å². The van der Waals surface area contributed by atoms with Crippen LogP contribution in [0.15, 0.2) is 30.3 Å². The van der Waals surface area contributed by atoms with E-state index in [0.29, 0.717) is 28.3 Å². The molecule has 4 rings (SSSR count). The molecule has 3 saturated carbocycles. The van der Waals surface area contributed by atoms with Crippen LogP contribution >= 0.6 is 11.6 Å². The minimum absolute atomic E-state index is 0.365. The number of amides is 1. The zero-order valence-electron chi connectivity index (χ0n) is 19.8. The van der Waals surface area contributed by atoms with E-state index in [9.17, 15) is 4.79 Å². The van der Waals surface area contributed by atoms with Gasteiger partial charge in [0.1, 0.15) is 0 Å². The normalized spacial score (nSPS) is 36.6. The number of nitrogens with two attached hydrogens (primary N) is 1. The van der Waals surface area contributed by atoms with Crippen molar-refractivity contribution in [2.24, 2.45) is 22.5 Å². The highest BCUT2D eigenvalue weighted by molar-refractivity contribution is 6.17. The molecule has 2 bridgehead atoms. The van der Waals surface area contributed by atoms with Crippen LogP contribution in [0.3, 0.4) is 0 Å². The second-order valence-electron chi connectivity index (χ2n) is 11.8. The van der Waals surface area contributed by atoms with Crippen LogP contribution in [-0.2, 0) is 10.2 Å². The van der Waals surface area contributed by atoms with Gasteiger partial charge in [0.2, 0.25) is 6.41 Å². The lowest BCUT2D eigenvalue weighted by molar-refractivity contribution is -0.110. The molecule has 31 heavy (non-hydrogen) atoms. The van der Waals surface area contributed by atoms with Crippen molar-refractivity contribution in [2.75, 3.05) is 5.88 Å². The Balaban J connectivity index is 0.000000229. The summed E-state index contributed by atoms with van der Waals surface area (Å²) in [5.41, 5.74) is 8.53. The van der Waals surface area contributed by atoms with E-state index in [-0.39, 0.29) is 0 Å². The van der Waals surface area contributed by atoms with Crippen LogP contribution in [-0.4, -0.2) is 24.4 Å². The van der Waals surface area contributed by atoms with Gasteiger partial charge >= 0.3 is 0 Å². The number of hydrogen-bond donors (Lipinski definition) is 2. The lowest BCUT2D eigenvalue weighted by Crippen LogP contribution is -2.49. The molecule has 3 fully saturated rings. The molecule has 174 valence electrons. The number of fused-ring (bicyclic) bond motifs is 2. The van der Waals surface area contributed by atoms with Gasteiger partial charge in [-0.05, 0) is 91.9 Å². The number of hydrogen-bond acceptors (Lipinski definition) is 2. The zero-order chi connectivity index (χ0) is 22.5. The lowest BCUT2D eigenvalue weighted by atomic mass is 9.47. The molecule has 0 spiro atoms. The number of nitrogens with one attached hydrogen (secondary N) is 1. The Morgan fingerprint density at radius 1 is 1.03 bits per heavy atom. The zero-order valence-corrected chi connectivity index (χ0v) is 20.6. The molecule has 1 amide bonds. The highest BCUT2D eigenvalue weighted by Crippen LogP contribution is 2.61. The largest absolute Gasteiger partial charge is 0.356 e. The van der Waals surface area contributed by atoms with E-state index in [2.05, 4.69) is 56.4 Å². The Kier molecular flexibility index (Phi) is 8.13. The van der Waals surface area contributed by atoms with Crippen LogP contribution in [0, 0.1) is 16.7 Å². The van der Waals surface area contributed by atoms with Gasteiger partial charge in [0.25, 0.3) is 0 Å². The average molecular weight is 447 g/mol. The van der Waals surface area contributed by atoms with Crippen LogP contribution in [0.25, 0.3) is 0 Å². The van der Waals surface area contributed by atoms with Crippen LogP contribution in [0.4, 0.5) is 0 Å². The maximum atomic E-state index is 10.0. The van der Waals surface area contributed by atoms with Crippen molar-refractivity contribution in [1.82, 2.24) is 5.32 Å². The third-order valence-electron chi connectivity index (χ3n) is 8.04. The fraction of sp³-hybridized carbons (Fsp3) is 0.741. The molecular formula is C27H43ClN2O. The van der Waals surface area contributed by atoms with Crippen molar-refractivity contribution in [2.45, 2.75) is 102 Å². The van der Waals surface area contributed by atoms with Gasteiger partial charge in [0.05, 0.1) is 0 Å². The summed E-state index contributed by atoms with van der Waals surface area (Å²) in [6.45, 7) is 7.43. The van der Waals surface area contributed by atoms with Gasteiger partial charge in [-0.2, -0.15) is 0 Å². The highest BCUT2D eigenvalue weighted by Gasteiger charge is 2.52. The quantitative estimate of drug-likeness (QED) is 0.419. The van der Waals surface area contributed by atoms with E-state index in [1.807, 2.05) is 0 Å². The first kappa shape index (κ1) is 24.6. The number of carbonyl (C=O) groups excluding carboxylic acids is 1. The minimum atomic E-state index is 0.365. The fourth-order valence-corrected chi connectivity index (χ4v) is 7.70. The third-order valence-corrected chi connectivity index (χ3v) is 8.23. The van der Waals surface area contributed by atoms with E-state index in [4.69, 9.17) is 17.3 Å². The Morgan fingerprint density at radius 2 is 1.71 bits per heavy atom. The first-order valence-corrected chi connectivity index (χ1v) is 12.8. The van der Waals surface area contributed by atoms with E-state index >= 15 is 0 Å². The van der Waals surface area contributed by atoms with Crippen molar-refractivity contribution < 1.29 is 4.79 Å². The molecule has 0 aliphatic heterocycles. The first-order chi connectivity index (χ1) is 14.7. The second kappa shape index (κ2) is 10.3.